The lowest BCUT2D eigenvalue weighted by atomic mass is 10.2. The second-order valence-corrected chi connectivity index (χ2v) is 5.26. The number of anilines is 1. The van der Waals surface area contributed by atoms with Crippen molar-refractivity contribution in [3.05, 3.63) is 28.9 Å². The molecule has 0 radical (unpaired) electrons. The zero-order valence-electron chi connectivity index (χ0n) is 10.6. The average molecular weight is 258 g/mol. The van der Waals surface area contributed by atoms with Crippen LogP contribution < -0.4 is 5.32 Å². The van der Waals surface area contributed by atoms with E-state index in [1.807, 2.05) is 25.2 Å². The lowest BCUT2D eigenvalue weighted by molar-refractivity contribution is 0.778. The van der Waals surface area contributed by atoms with Crippen LogP contribution in [0.3, 0.4) is 0 Å². The molecule has 0 unspecified atom stereocenters. The monoisotopic (exact) mass is 258 g/mol. The number of aromatic nitrogens is 2. The van der Waals surface area contributed by atoms with E-state index in [0.29, 0.717) is 4.88 Å². The summed E-state index contributed by atoms with van der Waals surface area (Å²) in [6.45, 7) is 4.13. The summed E-state index contributed by atoms with van der Waals surface area (Å²) in [4.78, 5) is 10.7. The quantitative estimate of drug-likeness (QED) is 0.918. The Balaban J connectivity index is 2.49. The maximum Gasteiger partial charge on any atom is 0.133 e. The molecular weight excluding hydrogens is 244 g/mol. The number of rotatable bonds is 3. The Morgan fingerprint density at radius 3 is 2.67 bits per heavy atom. The molecule has 4 nitrogen and oxygen atoms in total. The van der Waals surface area contributed by atoms with Crippen LogP contribution >= 0.6 is 11.3 Å². The molecule has 0 aliphatic heterocycles. The van der Waals surface area contributed by atoms with Crippen molar-refractivity contribution in [1.82, 2.24) is 9.97 Å². The van der Waals surface area contributed by atoms with E-state index in [2.05, 4.69) is 35.2 Å². The Hall–Kier alpha value is -1.93. The molecule has 0 aromatic carbocycles. The molecular formula is C13H14N4S. The van der Waals surface area contributed by atoms with Crippen molar-refractivity contribution in [3.8, 4) is 16.6 Å². The molecule has 2 heterocycles. The van der Waals surface area contributed by atoms with Crippen LogP contribution in [-0.2, 0) is 0 Å². The minimum atomic E-state index is 0.271. The predicted molar refractivity (Wildman–Crippen MR) is 73.7 cm³/mol. The van der Waals surface area contributed by atoms with Crippen LogP contribution in [-0.4, -0.2) is 17.0 Å². The molecule has 0 amide bonds. The van der Waals surface area contributed by atoms with Gasteiger partial charge in [0.25, 0.3) is 0 Å². The molecule has 0 saturated carbocycles. The first-order chi connectivity index (χ1) is 8.63. The van der Waals surface area contributed by atoms with Crippen molar-refractivity contribution in [2.75, 3.05) is 12.4 Å². The lowest BCUT2D eigenvalue weighted by Crippen LogP contribution is -2.02. The highest BCUT2D eigenvalue weighted by atomic mass is 32.1. The van der Waals surface area contributed by atoms with Gasteiger partial charge in [-0.2, -0.15) is 5.26 Å². The highest BCUT2D eigenvalue weighted by Gasteiger charge is 2.10. The number of nitrogens with one attached hydrogen (secondary N) is 1. The maximum atomic E-state index is 8.86. The topological polar surface area (TPSA) is 61.6 Å². The number of thiophene rings is 1. The molecule has 0 fully saturated rings. The zero-order valence-corrected chi connectivity index (χ0v) is 11.4. The summed E-state index contributed by atoms with van der Waals surface area (Å²) in [5, 5.41) is 11.9. The van der Waals surface area contributed by atoms with E-state index in [1.54, 1.807) is 0 Å². The van der Waals surface area contributed by atoms with Gasteiger partial charge in [-0.15, -0.1) is 11.3 Å². The van der Waals surface area contributed by atoms with Gasteiger partial charge in [0.15, 0.2) is 0 Å². The fourth-order valence-corrected chi connectivity index (χ4v) is 2.28. The normalized spacial score (nSPS) is 10.4. The maximum absolute atomic E-state index is 8.86. The van der Waals surface area contributed by atoms with Gasteiger partial charge in [-0.05, 0) is 12.1 Å². The van der Waals surface area contributed by atoms with Gasteiger partial charge in [-0.25, -0.2) is 9.97 Å². The van der Waals surface area contributed by atoms with Gasteiger partial charge < -0.3 is 5.32 Å². The zero-order chi connectivity index (χ0) is 13.1. The van der Waals surface area contributed by atoms with E-state index in [4.69, 9.17) is 5.26 Å². The van der Waals surface area contributed by atoms with Crippen LogP contribution in [0.1, 0.15) is 30.5 Å². The molecule has 2 rings (SSSR count). The molecule has 0 spiro atoms. The van der Waals surface area contributed by atoms with Gasteiger partial charge in [0.05, 0.1) is 10.6 Å². The third-order valence-electron chi connectivity index (χ3n) is 2.48. The number of hydrogen-bond acceptors (Lipinski definition) is 5. The van der Waals surface area contributed by atoms with Gasteiger partial charge in [-0.1, -0.05) is 13.8 Å². The van der Waals surface area contributed by atoms with Crippen LogP contribution in [0, 0.1) is 11.3 Å². The van der Waals surface area contributed by atoms with Gasteiger partial charge in [-0.3, -0.25) is 0 Å². The summed E-state index contributed by atoms with van der Waals surface area (Å²) in [6.07, 6.45) is 0. The first-order valence-corrected chi connectivity index (χ1v) is 6.52. The molecule has 0 bridgehead atoms. The summed E-state index contributed by atoms with van der Waals surface area (Å²) >= 11 is 1.45. The number of nitriles is 1. The van der Waals surface area contributed by atoms with Crippen molar-refractivity contribution in [2.24, 2.45) is 0 Å². The van der Waals surface area contributed by atoms with E-state index in [-0.39, 0.29) is 5.92 Å². The molecule has 2 aromatic rings. The molecule has 92 valence electrons. The van der Waals surface area contributed by atoms with Crippen molar-refractivity contribution in [1.29, 1.82) is 5.26 Å². The third-order valence-corrected chi connectivity index (χ3v) is 3.50. The smallest absolute Gasteiger partial charge is 0.133 e. The standard InChI is InChI=1S/C13H14N4S/c1-8(2)13-16-10(6-12(15-3)17-13)11-5-4-9(7-14)18-11/h4-6,8H,1-3H3,(H,15,16,17). The molecule has 0 saturated heterocycles. The summed E-state index contributed by atoms with van der Waals surface area (Å²) in [7, 11) is 1.84. The molecule has 0 aliphatic carbocycles. The third kappa shape index (κ3) is 2.49. The van der Waals surface area contributed by atoms with E-state index >= 15 is 0 Å². The first kappa shape index (κ1) is 12.5. The summed E-state index contributed by atoms with van der Waals surface area (Å²) in [6, 6.07) is 7.79. The second-order valence-electron chi connectivity index (χ2n) is 4.18. The Labute approximate surface area is 110 Å². The van der Waals surface area contributed by atoms with Gasteiger partial charge in [0.1, 0.15) is 22.6 Å². The Kier molecular flexibility index (Phi) is 3.58. The van der Waals surface area contributed by atoms with Crippen LogP contribution in [0.15, 0.2) is 18.2 Å². The molecule has 5 heteroatoms. The van der Waals surface area contributed by atoms with E-state index in [0.717, 1.165) is 22.2 Å². The van der Waals surface area contributed by atoms with Gasteiger partial charge in [0, 0.05) is 19.0 Å². The second kappa shape index (κ2) is 5.15. The van der Waals surface area contributed by atoms with Crippen molar-refractivity contribution < 1.29 is 0 Å². The SMILES string of the molecule is CNc1cc(-c2ccc(C#N)s2)nc(C(C)C)n1. The van der Waals surface area contributed by atoms with Crippen molar-refractivity contribution >= 4 is 17.2 Å². The predicted octanol–water partition coefficient (Wildman–Crippen LogP) is 3.24. The van der Waals surface area contributed by atoms with Crippen LogP contribution in [0.25, 0.3) is 10.6 Å². The highest BCUT2D eigenvalue weighted by Crippen LogP contribution is 2.28. The van der Waals surface area contributed by atoms with Gasteiger partial charge in [0.2, 0.25) is 0 Å². The molecule has 2 aromatic heterocycles. The van der Waals surface area contributed by atoms with Crippen LogP contribution in [0.4, 0.5) is 5.82 Å². The Bertz CT molecular complexity index is 595. The largest absolute Gasteiger partial charge is 0.373 e. The van der Waals surface area contributed by atoms with E-state index < -0.39 is 0 Å². The lowest BCUT2D eigenvalue weighted by Gasteiger charge is -2.08. The average Bonchev–Trinajstić information content (AvgIpc) is 2.86. The van der Waals surface area contributed by atoms with E-state index in [1.165, 1.54) is 11.3 Å². The van der Waals surface area contributed by atoms with Gasteiger partial charge >= 0.3 is 0 Å². The highest BCUT2D eigenvalue weighted by molar-refractivity contribution is 7.15. The molecule has 0 aliphatic rings. The fourth-order valence-electron chi connectivity index (χ4n) is 1.51. The molecule has 0 atom stereocenters. The number of nitrogens with zero attached hydrogens (tertiary/aromatic N) is 3. The minimum Gasteiger partial charge on any atom is -0.373 e. The van der Waals surface area contributed by atoms with Crippen molar-refractivity contribution in [2.45, 2.75) is 19.8 Å². The van der Waals surface area contributed by atoms with Crippen molar-refractivity contribution in [3.63, 3.8) is 0 Å². The Morgan fingerprint density at radius 2 is 2.11 bits per heavy atom. The van der Waals surface area contributed by atoms with E-state index in [9.17, 15) is 0 Å². The van der Waals surface area contributed by atoms with Crippen LogP contribution in [0.5, 0.6) is 0 Å². The summed E-state index contributed by atoms with van der Waals surface area (Å²) in [5.74, 6) is 1.88. The molecule has 18 heavy (non-hydrogen) atoms. The summed E-state index contributed by atoms with van der Waals surface area (Å²) < 4.78 is 0. The molecule has 1 N–H and O–H groups in total. The summed E-state index contributed by atoms with van der Waals surface area (Å²) in [5.41, 5.74) is 0.865. The van der Waals surface area contributed by atoms with Crippen LogP contribution in [0.2, 0.25) is 0 Å². The Morgan fingerprint density at radius 1 is 1.33 bits per heavy atom. The minimum absolute atomic E-state index is 0.271. The number of hydrogen-bond donors (Lipinski definition) is 1. The first-order valence-electron chi connectivity index (χ1n) is 5.71. The fraction of sp³-hybridized carbons (Fsp3) is 0.308.